The molecule has 0 aliphatic heterocycles. The summed E-state index contributed by atoms with van der Waals surface area (Å²) >= 11 is 3.38. The molecular formula is C12H14BrNO. The molecule has 0 saturated carbocycles. The van der Waals surface area contributed by atoms with E-state index in [1.165, 1.54) is 0 Å². The van der Waals surface area contributed by atoms with Gasteiger partial charge in [0.2, 0.25) is 0 Å². The van der Waals surface area contributed by atoms with Crippen molar-refractivity contribution < 1.29 is 4.79 Å². The van der Waals surface area contributed by atoms with E-state index in [0.717, 1.165) is 16.5 Å². The van der Waals surface area contributed by atoms with Gasteiger partial charge >= 0.3 is 0 Å². The van der Waals surface area contributed by atoms with E-state index >= 15 is 0 Å². The maximum atomic E-state index is 11.7. The van der Waals surface area contributed by atoms with Gasteiger partial charge in [-0.15, -0.1) is 6.58 Å². The summed E-state index contributed by atoms with van der Waals surface area (Å²) in [6.45, 7) is 6.22. The number of hydrogen-bond acceptors (Lipinski definition) is 1. The third kappa shape index (κ3) is 3.51. The average molecular weight is 268 g/mol. The lowest BCUT2D eigenvalue weighted by Crippen LogP contribution is -2.24. The van der Waals surface area contributed by atoms with E-state index in [1.807, 2.05) is 25.1 Å². The van der Waals surface area contributed by atoms with Gasteiger partial charge in [-0.2, -0.15) is 0 Å². The Morgan fingerprint density at radius 3 is 2.93 bits per heavy atom. The van der Waals surface area contributed by atoms with Crippen LogP contribution in [0, 0.1) is 6.92 Å². The van der Waals surface area contributed by atoms with Gasteiger partial charge in [-0.05, 0) is 47.0 Å². The molecule has 0 bridgehead atoms. The minimum absolute atomic E-state index is 0.0521. The smallest absolute Gasteiger partial charge is 0.252 e. The van der Waals surface area contributed by atoms with Crippen LogP contribution in [-0.4, -0.2) is 12.5 Å². The number of benzene rings is 1. The molecule has 2 nitrogen and oxygen atoms in total. The number of aryl methyl sites for hydroxylation is 1. The third-order valence-corrected chi connectivity index (χ3v) is 2.66. The van der Waals surface area contributed by atoms with Crippen molar-refractivity contribution >= 4 is 21.8 Å². The molecule has 0 aliphatic rings. The lowest BCUT2D eigenvalue weighted by Gasteiger charge is -2.06. The van der Waals surface area contributed by atoms with Gasteiger partial charge < -0.3 is 5.32 Å². The number of halogens is 1. The van der Waals surface area contributed by atoms with Crippen molar-refractivity contribution in [1.82, 2.24) is 5.32 Å². The lowest BCUT2D eigenvalue weighted by atomic mass is 10.1. The van der Waals surface area contributed by atoms with Crippen LogP contribution in [0.4, 0.5) is 0 Å². The number of amides is 1. The molecular weight excluding hydrogens is 254 g/mol. The van der Waals surface area contributed by atoms with Gasteiger partial charge in [0.25, 0.3) is 5.91 Å². The summed E-state index contributed by atoms with van der Waals surface area (Å²) < 4.78 is 0.832. The molecule has 1 amide bonds. The van der Waals surface area contributed by atoms with Gasteiger partial charge in [-0.25, -0.2) is 0 Å². The Kier molecular flexibility index (Phi) is 4.56. The number of hydrogen-bond donors (Lipinski definition) is 1. The predicted molar refractivity (Wildman–Crippen MR) is 66.0 cm³/mol. The Balaban J connectivity index is 2.69. The highest BCUT2D eigenvalue weighted by Crippen LogP contribution is 2.17. The van der Waals surface area contributed by atoms with Crippen LogP contribution >= 0.6 is 15.9 Å². The molecule has 0 atom stereocenters. The van der Waals surface area contributed by atoms with Gasteiger partial charge in [0, 0.05) is 11.0 Å². The lowest BCUT2D eigenvalue weighted by molar-refractivity contribution is 0.0953. The molecule has 3 heteroatoms. The summed E-state index contributed by atoms with van der Waals surface area (Å²) in [6, 6.07) is 5.68. The first-order valence-corrected chi connectivity index (χ1v) is 5.59. The Labute approximate surface area is 98.5 Å². The number of carbonyl (C=O) groups excluding carboxylic acids is 1. The van der Waals surface area contributed by atoms with Gasteiger partial charge in [0.1, 0.15) is 0 Å². The van der Waals surface area contributed by atoms with E-state index in [1.54, 1.807) is 6.08 Å². The first kappa shape index (κ1) is 12.0. The molecule has 0 radical (unpaired) electrons. The van der Waals surface area contributed by atoms with E-state index in [2.05, 4.69) is 27.8 Å². The Bertz CT molecular complexity index is 374. The summed E-state index contributed by atoms with van der Waals surface area (Å²) in [7, 11) is 0. The van der Waals surface area contributed by atoms with E-state index in [4.69, 9.17) is 0 Å². The quantitative estimate of drug-likeness (QED) is 0.660. The highest BCUT2D eigenvalue weighted by atomic mass is 79.9. The first-order valence-electron chi connectivity index (χ1n) is 4.80. The van der Waals surface area contributed by atoms with Crippen molar-refractivity contribution in [2.45, 2.75) is 13.3 Å². The molecule has 1 aromatic carbocycles. The maximum absolute atomic E-state index is 11.7. The summed E-state index contributed by atoms with van der Waals surface area (Å²) in [5, 5.41) is 2.82. The molecule has 1 rings (SSSR count). The van der Waals surface area contributed by atoms with Crippen molar-refractivity contribution in [2.75, 3.05) is 6.54 Å². The van der Waals surface area contributed by atoms with Crippen molar-refractivity contribution in [3.05, 3.63) is 46.5 Å². The van der Waals surface area contributed by atoms with Crippen LogP contribution in [0.15, 0.2) is 35.3 Å². The summed E-state index contributed by atoms with van der Waals surface area (Å²) in [5.41, 5.74) is 1.80. The fourth-order valence-corrected chi connectivity index (χ4v) is 1.86. The second-order valence-corrected chi connectivity index (χ2v) is 4.17. The Hall–Kier alpha value is -1.09. The molecule has 0 fully saturated rings. The van der Waals surface area contributed by atoms with Crippen LogP contribution in [0.3, 0.4) is 0 Å². The monoisotopic (exact) mass is 267 g/mol. The Morgan fingerprint density at radius 1 is 1.60 bits per heavy atom. The fourth-order valence-electron chi connectivity index (χ4n) is 1.19. The van der Waals surface area contributed by atoms with Crippen molar-refractivity contribution in [1.29, 1.82) is 0 Å². The van der Waals surface area contributed by atoms with Crippen LogP contribution in [-0.2, 0) is 0 Å². The minimum atomic E-state index is -0.0521. The SMILES string of the molecule is C=CCCNC(=O)c1ccc(C)cc1Br. The number of rotatable bonds is 4. The van der Waals surface area contributed by atoms with Crippen molar-refractivity contribution in [2.24, 2.45) is 0 Å². The van der Waals surface area contributed by atoms with Crippen LogP contribution in [0.1, 0.15) is 22.3 Å². The average Bonchev–Trinajstić information content (AvgIpc) is 2.17. The standard InChI is InChI=1S/C12H14BrNO/c1-3-4-7-14-12(15)10-6-5-9(2)8-11(10)13/h3,5-6,8H,1,4,7H2,2H3,(H,14,15). The topological polar surface area (TPSA) is 29.1 Å². The molecule has 0 aromatic heterocycles. The van der Waals surface area contributed by atoms with Gasteiger partial charge in [0.05, 0.1) is 5.56 Å². The van der Waals surface area contributed by atoms with Crippen LogP contribution < -0.4 is 5.32 Å². The zero-order valence-corrected chi connectivity index (χ0v) is 10.3. The van der Waals surface area contributed by atoms with E-state index < -0.39 is 0 Å². The van der Waals surface area contributed by atoms with E-state index in [-0.39, 0.29) is 5.91 Å². The largest absolute Gasteiger partial charge is 0.352 e. The molecule has 0 saturated heterocycles. The molecule has 15 heavy (non-hydrogen) atoms. The minimum Gasteiger partial charge on any atom is -0.352 e. The highest BCUT2D eigenvalue weighted by Gasteiger charge is 2.08. The van der Waals surface area contributed by atoms with E-state index in [0.29, 0.717) is 12.1 Å². The zero-order chi connectivity index (χ0) is 11.3. The third-order valence-electron chi connectivity index (χ3n) is 2.00. The number of nitrogens with one attached hydrogen (secondary N) is 1. The van der Waals surface area contributed by atoms with Crippen molar-refractivity contribution in [3.8, 4) is 0 Å². The van der Waals surface area contributed by atoms with Crippen LogP contribution in [0.25, 0.3) is 0 Å². The molecule has 1 N–H and O–H groups in total. The van der Waals surface area contributed by atoms with Crippen LogP contribution in [0.5, 0.6) is 0 Å². The second-order valence-electron chi connectivity index (χ2n) is 3.32. The summed E-state index contributed by atoms with van der Waals surface area (Å²) in [6.07, 6.45) is 2.57. The van der Waals surface area contributed by atoms with E-state index in [9.17, 15) is 4.79 Å². The molecule has 0 aliphatic carbocycles. The van der Waals surface area contributed by atoms with Gasteiger partial charge in [0.15, 0.2) is 0 Å². The highest BCUT2D eigenvalue weighted by molar-refractivity contribution is 9.10. The maximum Gasteiger partial charge on any atom is 0.252 e. The fraction of sp³-hybridized carbons (Fsp3) is 0.250. The van der Waals surface area contributed by atoms with Crippen LogP contribution in [0.2, 0.25) is 0 Å². The van der Waals surface area contributed by atoms with Gasteiger partial charge in [-0.3, -0.25) is 4.79 Å². The predicted octanol–water partition coefficient (Wildman–Crippen LogP) is 3.06. The first-order chi connectivity index (χ1) is 7.15. The normalized spacial score (nSPS) is 9.73. The zero-order valence-electron chi connectivity index (χ0n) is 8.72. The second kappa shape index (κ2) is 5.71. The molecule has 80 valence electrons. The van der Waals surface area contributed by atoms with Crippen molar-refractivity contribution in [3.63, 3.8) is 0 Å². The number of carbonyl (C=O) groups is 1. The molecule has 0 heterocycles. The Morgan fingerprint density at radius 2 is 2.33 bits per heavy atom. The summed E-state index contributed by atoms with van der Waals surface area (Å²) in [5.74, 6) is -0.0521. The molecule has 0 spiro atoms. The summed E-state index contributed by atoms with van der Waals surface area (Å²) in [4.78, 5) is 11.7. The van der Waals surface area contributed by atoms with Gasteiger partial charge in [-0.1, -0.05) is 12.1 Å². The molecule has 1 aromatic rings. The molecule has 0 unspecified atom stereocenters.